The minimum atomic E-state index is -4.71. The highest BCUT2D eigenvalue weighted by atomic mass is 19.4. The summed E-state index contributed by atoms with van der Waals surface area (Å²) in [5.41, 5.74) is 2.61. The molecule has 0 N–H and O–H groups in total. The summed E-state index contributed by atoms with van der Waals surface area (Å²) in [5, 5.41) is 0. The summed E-state index contributed by atoms with van der Waals surface area (Å²) in [6.45, 7) is 3.86. The number of benzene rings is 2. The van der Waals surface area contributed by atoms with E-state index in [1.807, 2.05) is 4.90 Å². The molecule has 0 unspecified atom stereocenters. The molecule has 2 aromatic rings. The van der Waals surface area contributed by atoms with E-state index >= 15 is 0 Å². The number of carbonyl (C=O) groups excluding carboxylic acids is 1. The lowest BCUT2D eigenvalue weighted by atomic mass is 10.0. The van der Waals surface area contributed by atoms with Crippen molar-refractivity contribution in [2.75, 3.05) is 49.1 Å². The maximum Gasteiger partial charge on any atom is 0.573 e. The van der Waals surface area contributed by atoms with E-state index in [0.29, 0.717) is 45.6 Å². The second-order valence-corrected chi connectivity index (χ2v) is 8.02. The molecular weight excluding hydrogens is 426 g/mol. The van der Waals surface area contributed by atoms with Crippen LogP contribution in [0.4, 0.5) is 28.9 Å². The van der Waals surface area contributed by atoms with E-state index in [1.165, 1.54) is 24.3 Å². The van der Waals surface area contributed by atoms with Crippen molar-refractivity contribution in [3.05, 3.63) is 53.8 Å². The van der Waals surface area contributed by atoms with Crippen LogP contribution in [-0.4, -0.2) is 56.4 Å². The van der Waals surface area contributed by atoms with Crippen molar-refractivity contribution in [1.82, 2.24) is 4.90 Å². The quantitative estimate of drug-likeness (QED) is 0.638. The average Bonchev–Trinajstić information content (AvgIpc) is 2.77. The van der Waals surface area contributed by atoms with E-state index in [1.54, 1.807) is 18.2 Å². The molecule has 2 aromatic carbocycles. The van der Waals surface area contributed by atoms with Crippen molar-refractivity contribution in [2.24, 2.45) is 0 Å². The highest BCUT2D eigenvalue weighted by molar-refractivity contribution is 5.77. The number of aryl methyl sites for hydroxylation is 1. The number of alkyl halides is 3. The van der Waals surface area contributed by atoms with Gasteiger partial charge in [-0.25, -0.2) is 4.39 Å². The summed E-state index contributed by atoms with van der Waals surface area (Å²) < 4.78 is 54.6. The van der Waals surface area contributed by atoms with Gasteiger partial charge in [0.05, 0.1) is 0 Å². The van der Waals surface area contributed by atoms with Gasteiger partial charge in [-0.05, 0) is 60.9 Å². The monoisotopic (exact) mass is 451 g/mol. The molecule has 0 radical (unpaired) electrons. The second kappa shape index (κ2) is 9.26. The minimum absolute atomic E-state index is 0.0629. The molecule has 0 atom stereocenters. The van der Waals surface area contributed by atoms with Gasteiger partial charge in [-0.2, -0.15) is 0 Å². The molecule has 1 saturated heterocycles. The molecule has 0 aromatic heterocycles. The highest BCUT2D eigenvalue weighted by Crippen LogP contribution is 2.32. The Morgan fingerprint density at radius 2 is 1.69 bits per heavy atom. The van der Waals surface area contributed by atoms with Crippen LogP contribution in [0.3, 0.4) is 0 Å². The third-order valence-corrected chi connectivity index (χ3v) is 5.92. The van der Waals surface area contributed by atoms with Gasteiger partial charge in [0, 0.05) is 57.1 Å². The van der Waals surface area contributed by atoms with Crippen molar-refractivity contribution >= 4 is 17.3 Å². The molecular formula is C23H25F4N3O2. The predicted octanol–water partition coefficient (Wildman–Crippen LogP) is 4.22. The van der Waals surface area contributed by atoms with Crippen LogP contribution in [0.1, 0.15) is 18.4 Å². The molecule has 0 aliphatic carbocycles. The normalized spacial score (nSPS) is 16.7. The summed E-state index contributed by atoms with van der Waals surface area (Å²) in [4.78, 5) is 18.8. The number of piperazine rings is 1. The van der Waals surface area contributed by atoms with E-state index < -0.39 is 6.36 Å². The minimum Gasteiger partial charge on any atom is -0.406 e. The first kappa shape index (κ1) is 22.2. The van der Waals surface area contributed by atoms with E-state index in [-0.39, 0.29) is 17.5 Å². The Morgan fingerprint density at radius 1 is 0.969 bits per heavy atom. The van der Waals surface area contributed by atoms with Gasteiger partial charge in [-0.3, -0.25) is 4.79 Å². The molecule has 0 bridgehead atoms. The van der Waals surface area contributed by atoms with Gasteiger partial charge in [-0.15, -0.1) is 13.2 Å². The number of nitrogens with zero attached hydrogens (tertiary/aromatic N) is 3. The number of ether oxygens (including phenoxy) is 1. The Bertz CT molecular complexity index is 941. The molecule has 2 aliphatic heterocycles. The van der Waals surface area contributed by atoms with Crippen LogP contribution >= 0.6 is 0 Å². The maximum atomic E-state index is 13.1. The Labute approximate surface area is 184 Å². The van der Waals surface area contributed by atoms with Crippen LogP contribution in [0.2, 0.25) is 0 Å². The van der Waals surface area contributed by atoms with Crippen molar-refractivity contribution < 1.29 is 27.1 Å². The zero-order valence-corrected chi connectivity index (χ0v) is 17.6. The van der Waals surface area contributed by atoms with Gasteiger partial charge in [0.1, 0.15) is 11.6 Å². The maximum absolute atomic E-state index is 13.1. The first-order chi connectivity index (χ1) is 15.3. The summed E-state index contributed by atoms with van der Waals surface area (Å²) in [7, 11) is 0. The molecule has 1 amide bonds. The zero-order valence-electron chi connectivity index (χ0n) is 17.6. The van der Waals surface area contributed by atoms with Crippen molar-refractivity contribution in [1.29, 1.82) is 0 Å². The van der Waals surface area contributed by atoms with Crippen molar-refractivity contribution in [3.8, 4) is 5.75 Å². The Kier molecular flexibility index (Phi) is 6.43. The number of carbonyl (C=O) groups is 1. The van der Waals surface area contributed by atoms with Crippen LogP contribution in [0.25, 0.3) is 0 Å². The molecule has 0 spiro atoms. The number of hydrogen-bond acceptors (Lipinski definition) is 4. The number of hydrogen-bond donors (Lipinski definition) is 0. The van der Waals surface area contributed by atoms with E-state index in [4.69, 9.17) is 0 Å². The fourth-order valence-electron chi connectivity index (χ4n) is 4.34. The van der Waals surface area contributed by atoms with Crippen LogP contribution in [0.5, 0.6) is 5.75 Å². The Hall–Kier alpha value is -2.97. The summed E-state index contributed by atoms with van der Waals surface area (Å²) in [6, 6.07) is 10.7. The zero-order chi connectivity index (χ0) is 22.7. The summed E-state index contributed by atoms with van der Waals surface area (Å²) in [6.07, 6.45) is -2.88. The van der Waals surface area contributed by atoms with Crippen LogP contribution in [-0.2, 0) is 11.2 Å². The molecule has 2 heterocycles. The lowest BCUT2D eigenvalue weighted by Crippen LogP contribution is -2.49. The molecule has 9 heteroatoms. The third-order valence-electron chi connectivity index (χ3n) is 5.92. The highest BCUT2D eigenvalue weighted by Gasteiger charge is 2.31. The molecule has 32 heavy (non-hydrogen) atoms. The fourth-order valence-corrected chi connectivity index (χ4v) is 4.34. The average molecular weight is 451 g/mol. The van der Waals surface area contributed by atoms with E-state index in [9.17, 15) is 22.4 Å². The number of rotatable bonds is 5. The lowest BCUT2D eigenvalue weighted by molar-refractivity contribution is -0.274. The number of fused-ring (bicyclic) bond motifs is 1. The predicted molar refractivity (Wildman–Crippen MR) is 113 cm³/mol. The lowest BCUT2D eigenvalue weighted by Gasteiger charge is -2.37. The van der Waals surface area contributed by atoms with Gasteiger partial charge in [-0.1, -0.05) is 0 Å². The molecule has 5 nitrogen and oxygen atoms in total. The third kappa shape index (κ3) is 5.44. The van der Waals surface area contributed by atoms with Gasteiger partial charge < -0.3 is 19.4 Å². The van der Waals surface area contributed by atoms with E-state index in [2.05, 4.69) is 14.5 Å². The standard InChI is InChI=1S/C23H25F4N3O2/c24-18-3-5-19(6-4-18)28-12-14-30(15-13-28)22(31)9-11-29-10-1-2-17-16-20(7-8-21(17)29)32-23(25,26)27/h3-8,16H,1-2,9-15H2. The van der Waals surface area contributed by atoms with Crippen LogP contribution in [0.15, 0.2) is 42.5 Å². The first-order valence-corrected chi connectivity index (χ1v) is 10.7. The largest absolute Gasteiger partial charge is 0.573 e. The summed E-state index contributed by atoms with van der Waals surface area (Å²) >= 11 is 0. The van der Waals surface area contributed by atoms with Gasteiger partial charge in [0.15, 0.2) is 0 Å². The Balaban J connectivity index is 1.30. The van der Waals surface area contributed by atoms with E-state index in [0.717, 1.165) is 29.9 Å². The van der Waals surface area contributed by atoms with Gasteiger partial charge in [0.25, 0.3) is 0 Å². The van der Waals surface area contributed by atoms with Crippen molar-refractivity contribution in [2.45, 2.75) is 25.6 Å². The van der Waals surface area contributed by atoms with Gasteiger partial charge in [0.2, 0.25) is 5.91 Å². The van der Waals surface area contributed by atoms with Gasteiger partial charge >= 0.3 is 6.36 Å². The second-order valence-electron chi connectivity index (χ2n) is 8.02. The van der Waals surface area contributed by atoms with Crippen LogP contribution in [0, 0.1) is 5.82 Å². The molecule has 1 fully saturated rings. The van der Waals surface area contributed by atoms with Crippen molar-refractivity contribution in [3.63, 3.8) is 0 Å². The molecule has 0 saturated carbocycles. The van der Waals surface area contributed by atoms with Crippen LogP contribution < -0.4 is 14.5 Å². The number of amides is 1. The topological polar surface area (TPSA) is 36.0 Å². The SMILES string of the molecule is O=C(CCN1CCCc2cc(OC(F)(F)F)ccc21)N1CCN(c2ccc(F)cc2)CC1. The smallest absolute Gasteiger partial charge is 0.406 e. The number of halogens is 4. The number of anilines is 2. The molecule has 4 rings (SSSR count). The molecule has 2 aliphatic rings. The fraction of sp³-hybridized carbons (Fsp3) is 0.435. The molecule has 172 valence electrons. The summed E-state index contributed by atoms with van der Waals surface area (Å²) in [5.74, 6) is -0.424. The first-order valence-electron chi connectivity index (χ1n) is 10.7. The Morgan fingerprint density at radius 3 is 2.38 bits per heavy atom.